The SMILES string of the molecule is C=CCNS(=O)(=O)Cc1ccc(NC(=O)CN2c3cccc4cccc(c34)S2(=O)=O)cc1. The van der Waals surface area contributed by atoms with Crippen molar-refractivity contribution in [3.8, 4) is 0 Å². The Kier molecular flexibility index (Phi) is 5.76. The summed E-state index contributed by atoms with van der Waals surface area (Å²) in [5.41, 5.74) is 1.45. The summed E-state index contributed by atoms with van der Waals surface area (Å²) >= 11 is 0. The van der Waals surface area contributed by atoms with Crippen molar-refractivity contribution in [2.24, 2.45) is 0 Å². The molecular weight excluding hydrogens is 450 g/mol. The lowest BCUT2D eigenvalue weighted by atomic mass is 10.1. The van der Waals surface area contributed by atoms with E-state index in [2.05, 4.69) is 16.6 Å². The van der Waals surface area contributed by atoms with Gasteiger partial charge in [0, 0.05) is 17.6 Å². The molecule has 0 saturated heterocycles. The van der Waals surface area contributed by atoms with E-state index in [1.807, 2.05) is 12.1 Å². The smallest absolute Gasteiger partial charge is 0.265 e. The normalized spacial score (nSPS) is 14.4. The molecule has 166 valence electrons. The highest BCUT2D eigenvalue weighted by Crippen LogP contribution is 2.41. The molecule has 3 aromatic rings. The molecule has 0 radical (unpaired) electrons. The van der Waals surface area contributed by atoms with Gasteiger partial charge in [-0.2, -0.15) is 0 Å². The van der Waals surface area contributed by atoms with Gasteiger partial charge in [0.1, 0.15) is 6.54 Å². The maximum atomic E-state index is 13.0. The number of anilines is 2. The molecule has 0 spiro atoms. The molecule has 1 amide bonds. The molecule has 0 unspecified atom stereocenters. The first kappa shape index (κ1) is 22.0. The largest absolute Gasteiger partial charge is 0.325 e. The minimum Gasteiger partial charge on any atom is -0.325 e. The summed E-state index contributed by atoms with van der Waals surface area (Å²) in [4.78, 5) is 12.8. The Morgan fingerprint density at radius 2 is 1.72 bits per heavy atom. The van der Waals surface area contributed by atoms with Crippen molar-refractivity contribution >= 4 is 48.1 Å². The Morgan fingerprint density at radius 1 is 1.03 bits per heavy atom. The van der Waals surface area contributed by atoms with Gasteiger partial charge in [0.2, 0.25) is 15.9 Å². The molecule has 32 heavy (non-hydrogen) atoms. The van der Waals surface area contributed by atoms with E-state index in [4.69, 9.17) is 0 Å². The van der Waals surface area contributed by atoms with E-state index in [0.29, 0.717) is 22.3 Å². The summed E-state index contributed by atoms with van der Waals surface area (Å²) in [6.07, 6.45) is 1.45. The van der Waals surface area contributed by atoms with Crippen LogP contribution in [0.4, 0.5) is 11.4 Å². The van der Waals surface area contributed by atoms with Crippen LogP contribution >= 0.6 is 0 Å². The molecule has 0 aromatic heterocycles. The molecule has 1 aliphatic rings. The lowest BCUT2D eigenvalue weighted by Crippen LogP contribution is -2.35. The fourth-order valence-electron chi connectivity index (χ4n) is 3.60. The summed E-state index contributed by atoms with van der Waals surface area (Å²) in [6.45, 7) is 3.24. The van der Waals surface area contributed by atoms with Gasteiger partial charge >= 0.3 is 0 Å². The van der Waals surface area contributed by atoms with Crippen LogP contribution in [0.1, 0.15) is 5.56 Å². The number of nitrogens with one attached hydrogen (secondary N) is 2. The quantitative estimate of drug-likeness (QED) is 0.491. The molecule has 2 N–H and O–H groups in total. The average molecular weight is 472 g/mol. The zero-order valence-electron chi connectivity index (χ0n) is 17.0. The van der Waals surface area contributed by atoms with Crippen LogP contribution in [0.25, 0.3) is 10.8 Å². The Bertz CT molecular complexity index is 1410. The van der Waals surface area contributed by atoms with Gasteiger partial charge in [-0.15, -0.1) is 6.58 Å². The Labute approximate surface area is 186 Å². The number of amides is 1. The van der Waals surface area contributed by atoms with E-state index in [9.17, 15) is 21.6 Å². The molecule has 10 heteroatoms. The van der Waals surface area contributed by atoms with Crippen molar-refractivity contribution < 1.29 is 21.6 Å². The molecule has 4 rings (SSSR count). The van der Waals surface area contributed by atoms with Crippen LogP contribution in [0.3, 0.4) is 0 Å². The van der Waals surface area contributed by atoms with Crippen molar-refractivity contribution in [2.75, 3.05) is 22.7 Å². The number of rotatable bonds is 8. The fourth-order valence-corrected chi connectivity index (χ4v) is 6.37. The van der Waals surface area contributed by atoms with Gasteiger partial charge in [0.05, 0.1) is 16.3 Å². The summed E-state index contributed by atoms with van der Waals surface area (Å²) in [5.74, 6) is -0.713. The van der Waals surface area contributed by atoms with Crippen molar-refractivity contribution in [3.63, 3.8) is 0 Å². The van der Waals surface area contributed by atoms with Crippen LogP contribution in [-0.4, -0.2) is 35.8 Å². The predicted octanol–water partition coefficient (Wildman–Crippen LogP) is 2.59. The van der Waals surface area contributed by atoms with Gasteiger partial charge in [-0.1, -0.05) is 42.5 Å². The van der Waals surface area contributed by atoms with E-state index >= 15 is 0 Å². The summed E-state index contributed by atoms with van der Waals surface area (Å²) in [5, 5.41) is 4.07. The maximum absolute atomic E-state index is 13.0. The molecule has 0 fully saturated rings. The highest BCUT2D eigenvalue weighted by molar-refractivity contribution is 7.93. The number of sulfonamides is 2. The second-order valence-electron chi connectivity index (χ2n) is 7.28. The number of benzene rings is 3. The zero-order chi connectivity index (χ0) is 22.9. The number of hydrogen-bond acceptors (Lipinski definition) is 5. The van der Waals surface area contributed by atoms with Crippen LogP contribution in [0, 0.1) is 0 Å². The molecule has 3 aromatic carbocycles. The third-order valence-electron chi connectivity index (χ3n) is 5.01. The first-order valence-electron chi connectivity index (χ1n) is 9.73. The van der Waals surface area contributed by atoms with Crippen molar-refractivity contribution in [1.82, 2.24) is 4.72 Å². The van der Waals surface area contributed by atoms with Gasteiger partial charge in [-0.25, -0.2) is 21.6 Å². The molecule has 0 atom stereocenters. The summed E-state index contributed by atoms with van der Waals surface area (Å²) in [7, 11) is -7.32. The highest BCUT2D eigenvalue weighted by Gasteiger charge is 2.36. The third-order valence-corrected chi connectivity index (χ3v) is 8.13. The first-order valence-corrected chi connectivity index (χ1v) is 12.8. The molecule has 0 saturated carbocycles. The Balaban J connectivity index is 1.47. The predicted molar refractivity (Wildman–Crippen MR) is 124 cm³/mol. The second-order valence-corrected chi connectivity index (χ2v) is 10.9. The van der Waals surface area contributed by atoms with Gasteiger partial charge < -0.3 is 5.32 Å². The number of carbonyl (C=O) groups excluding carboxylic acids is 1. The monoisotopic (exact) mass is 471 g/mol. The van der Waals surface area contributed by atoms with Crippen LogP contribution in [0.2, 0.25) is 0 Å². The lowest BCUT2D eigenvalue weighted by molar-refractivity contribution is -0.114. The van der Waals surface area contributed by atoms with Crippen LogP contribution in [0.5, 0.6) is 0 Å². The van der Waals surface area contributed by atoms with E-state index in [1.165, 1.54) is 12.1 Å². The molecule has 0 aliphatic carbocycles. The average Bonchev–Trinajstić information content (AvgIpc) is 2.97. The van der Waals surface area contributed by atoms with E-state index in [1.54, 1.807) is 42.5 Å². The highest BCUT2D eigenvalue weighted by atomic mass is 32.2. The van der Waals surface area contributed by atoms with Crippen molar-refractivity contribution in [1.29, 1.82) is 0 Å². The van der Waals surface area contributed by atoms with Gasteiger partial charge in [-0.3, -0.25) is 9.10 Å². The molecule has 0 bridgehead atoms. The second kappa shape index (κ2) is 8.38. The first-order chi connectivity index (χ1) is 15.2. The van der Waals surface area contributed by atoms with Gasteiger partial charge in [0.15, 0.2) is 0 Å². The topological polar surface area (TPSA) is 113 Å². The molecule has 1 aliphatic heterocycles. The van der Waals surface area contributed by atoms with Crippen LogP contribution in [0.15, 0.2) is 78.2 Å². The number of nitrogens with zero attached hydrogens (tertiary/aromatic N) is 1. The Hall–Kier alpha value is -3.21. The van der Waals surface area contributed by atoms with E-state index < -0.39 is 26.0 Å². The van der Waals surface area contributed by atoms with Crippen molar-refractivity contribution in [2.45, 2.75) is 10.6 Å². The maximum Gasteiger partial charge on any atom is 0.265 e. The van der Waals surface area contributed by atoms with E-state index in [0.717, 1.165) is 9.69 Å². The van der Waals surface area contributed by atoms with Gasteiger partial charge in [0.25, 0.3) is 10.0 Å². The lowest BCUT2D eigenvalue weighted by Gasteiger charge is -2.18. The minimum atomic E-state index is -3.83. The fraction of sp³-hybridized carbons (Fsp3) is 0.136. The van der Waals surface area contributed by atoms with Crippen LogP contribution in [-0.2, 0) is 30.6 Å². The zero-order valence-corrected chi connectivity index (χ0v) is 18.6. The molecule has 1 heterocycles. The van der Waals surface area contributed by atoms with E-state index in [-0.39, 0.29) is 23.7 Å². The summed E-state index contributed by atoms with van der Waals surface area (Å²) in [6, 6.07) is 16.6. The standard InChI is InChI=1S/C22H21N3O5S2/c1-2-13-23-31(27,28)15-16-9-11-18(12-10-16)24-21(26)14-25-19-7-3-5-17-6-4-8-20(22(17)19)32(25,29)30/h2-12,23H,1,13-15H2,(H,24,26). The molecular formula is C22H21N3O5S2. The van der Waals surface area contributed by atoms with Gasteiger partial charge in [-0.05, 0) is 35.2 Å². The van der Waals surface area contributed by atoms with Crippen LogP contribution < -0.4 is 14.3 Å². The number of hydrogen-bond donors (Lipinski definition) is 2. The Morgan fingerprint density at radius 3 is 2.41 bits per heavy atom. The number of carbonyl (C=O) groups is 1. The summed E-state index contributed by atoms with van der Waals surface area (Å²) < 4.78 is 53.4. The third kappa shape index (κ3) is 4.24. The minimum absolute atomic E-state index is 0.146. The van der Waals surface area contributed by atoms with Crippen molar-refractivity contribution in [3.05, 3.63) is 78.9 Å². The molecule has 8 nitrogen and oxygen atoms in total.